The van der Waals surface area contributed by atoms with Gasteiger partial charge in [-0.25, -0.2) is 0 Å². The van der Waals surface area contributed by atoms with Crippen molar-refractivity contribution in [2.75, 3.05) is 0 Å². The van der Waals surface area contributed by atoms with E-state index >= 15 is 0 Å². The number of hydrogen-bond acceptors (Lipinski definition) is 2. The molecular weight excluding hydrogens is 348 g/mol. The molecule has 1 fully saturated rings. The molecule has 0 aliphatic heterocycles. The number of H-pyrrole nitrogens is 1. The number of amides is 1. The van der Waals surface area contributed by atoms with Crippen molar-refractivity contribution in [3.05, 3.63) is 59.7 Å². The zero-order chi connectivity index (χ0) is 19.3. The van der Waals surface area contributed by atoms with Crippen LogP contribution in [-0.4, -0.2) is 10.9 Å². The van der Waals surface area contributed by atoms with Crippen LogP contribution in [0.15, 0.2) is 47.2 Å². The van der Waals surface area contributed by atoms with Gasteiger partial charge >= 0.3 is 0 Å². The molecule has 1 saturated carbocycles. The maximum atomic E-state index is 12.8. The summed E-state index contributed by atoms with van der Waals surface area (Å²) in [6.45, 7) is 2.65. The zero-order valence-corrected chi connectivity index (χ0v) is 16.7. The van der Waals surface area contributed by atoms with E-state index in [4.69, 9.17) is 4.42 Å². The van der Waals surface area contributed by atoms with Gasteiger partial charge in [0.25, 0.3) is 0 Å². The molecule has 3 aromatic rings. The minimum atomic E-state index is 0.105. The number of aromatic nitrogens is 1. The summed E-state index contributed by atoms with van der Waals surface area (Å²) in [7, 11) is 0. The first-order valence-electron chi connectivity index (χ1n) is 10.6. The highest BCUT2D eigenvalue weighted by Gasteiger charge is 2.29. The van der Waals surface area contributed by atoms with Crippen molar-refractivity contribution in [1.29, 1.82) is 0 Å². The van der Waals surface area contributed by atoms with Crippen LogP contribution >= 0.6 is 0 Å². The lowest BCUT2D eigenvalue weighted by Gasteiger charge is -2.30. The van der Waals surface area contributed by atoms with Gasteiger partial charge in [-0.2, -0.15) is 0 Å². The van der Waals surface area contributed by atoms with Gasteiger partial charge in [0, 0.05) is 23.5 Å². The average molecular weight is 379 g/mol. The van der Waals surface area contributed by atoms with Crippen LogP contribution in [0.3, 0.4) is 0 Å². The Hall–Kier alpha value is -2.49. The van der Waals surface area contributed by atoms with Gasteiger partial charge in [-0.1, -0.05) is 44.4 Å². The quantitative estimate of drug-likeness (QED) is 0.554. The second-order valence-corrected chi connectivity index (χ2v) is 8.00. The van der Waals surface area contributed by atoms with Gasteiger partial charge in [0.2, 0.25) is 5.91 Å². The molecule has 2 N–H and O–H groups in total. The average Bonchev–Trinajstić information content (AvgIpc) is 3.41. The molecule has 0 radical (unpaired) electrons. The van der Waals surface area contributed by atoms with E-state index in [1.54, 1.807) is 6.26 Å². The predicted octanol–water partition coefficient (Wildman–Crippen LogP) is 5.69. The molecule has 28 heavy (non-hydrogen) atoms. The molecule has 1 atom stereocenters. The summed E-state index contributed by atoms with van der Waals surface area (Å²) in [5.41, 5.74) is 3.88. The Balaban J connectivity index is 1.58. The van der Waals surface area contributed by atoms with Crippen molar-refractivity contribution in [2.45, 2.75) is 64.3 Å². The maximum Gasteiger partial charge on any atom is 0.220 e. The Labute approximate surface area is 166 Å². The lowest BCUT2D eigenvalue weighted by molar-refractivity contribution is -0.122. The smallest absolute Gasteiger partial charge is 0.220 e. The van der Waals surface area contributed by atoms with E-state index in [1.165, 1.54) is 54.1 Å². The first-order chi connectivity index (χ1) is 13.8. The monoisotopic (exact) mass is 378 g/mol. The largest absolute Gasteiger partial charge is 0.467 e. The highest BCUT2D eigenvalue weighted by atomic mass is 16.3. The summed E-state index contributed by atoms with van der Waals surface area (Å²) in [6, 6.07) is 10.3. The second kappa shape index (κ2) is 8.68. The Kier molecular flexibility index (Phi) is 5.84. The molecule has 4 heteroatoms. The lowest BCUT2D eigenvalue weighted by atomic mass is 9.75. The predicted molar refractivity (Wildman–Crippen MR) is 112 cm³/mol. The summed E-state index contributed by atoms with van der Waals surface area (Å²) < 4.78 is 5.34. The third-order valence-electron chi connectivity index (χ3n) is 6.28. The van der Waals surface area contributed by atoms with Crippen molar-refractivity contribution in [2.24, 2.45) is 5.92 Å². The number of benzene rings is 1. The number of hydrogen-bond donors (Lipinski definition) is 2. The van der Waals surface area contributed by atoms with E-state index in [9.17, 15) is 4.79 Å². The van der Waals surface area contributed by atoms with Gasteiger partial charge in [-0.15, -0.1) is 0 Å². The summed E-state index contributed by atoms with van der Waals surface area (Å²) in [4.78, 5) is 16.3. The fraction of sp³-hybridized carbons (Fsp3) is 0.458. The van der Waals surface area contributed by atoms with Crippen LogP contribution in [0.5, 0.6) is 0 Å². The molecule has 1 amide bonds. The summed E-state index contributed by atoms with van der Waals surface area (Å²) in [5.74, 6) is 1.74. The van der Waals surface area contributed by atoms with Gasteiger partial charge in [-0.3, -0.25) is 4.79 Å². The number of furan rings is 1. The van der Waals surface area contributed by atoms with Crippen molar-refractivity contribution in [3.8, 4) is 0 Å². The number of nitrogens with one attached hydrogen (secondary N) is 2. The van der Waals surface area contributed by atoms with Gasteiger partial charge in [0.15, 0.2) is 0 Å². The van der Waals surface area contributed by atoms with E-state index < -0.39 is 0 Å². The Bertz CT molecular complexity index is 904. The number of rotatable bonds is 7. The molecule has 1 aliphatic carbocycles. The van der Waals surface area contributed by atoms with Crippen molar-refractivity contribution < 1.29 is 9.21 Å². The highest BCUT2D eigenvalue weighted by molar-refractivity contribution is 5.87. The first-order valence-corrected chi connectivity index (χ1v) is 10.6. The van der Waals surface area contributed by atoms with Gasteiger partial charge in [-0.05, 0) is 54.4 Å². The van der Waals surface area contributed by atoms with Gasteiger partial charge < -0.3 is 14.7 Å². The number of fused-ring (bicyclic) bond motifs is 1. The minimum absolute atomic E-state index is 0.105. The number of para-hydroxylation sites is 1. The summed E-state index contributed by atoms with van der Waals surface area (Å²) >= 11 is 0. The van der Waals surface area contributed by atoms with Gasteiger partial charge in [0.1, 0.15) is 5.76 Å². The zero-order valence-electron chi connectivity index (χ0n) is 16.7. The van der Waals surface area contributed by atoms with Crippen LogP contribution in [0.25, 0.3) is 10.9 Å². The van der Waals surface area contributed by atoms with E-state index in [0.29, 0.717) is 18.9 Å². The maximum absolute atomic E-state index is 12.8. The second-order valence-electron chi connectivity index (χ2n) is 8.00. The number of carbonyl (C=O) groups is 1. The number of aromatic amines is 1. The molecule has 1 aliphatic rings. The molecule has 148 valence electrons. The fourth-order valence-electron chi connectivity index (χ4n) is 4.78. The number of carbonyl (C=O) groups excluding carboxylic acids is 1. The van der Waals surface area contributed by atoms with E-state index in [-0.39, 0.29) is 11.8 Å². The van der Waals surface area contributed by atoms with E-state index in [0.717, 1.165) is 12.2 Å². The fourth-order valence-corrected chi connectivity index (χ4v) is 4.78. The molecule has 4 rings (SSSR count). The molecule has 0 unspecified atom stereocenters. The van der Waals surface area contributed by atoms with E-state index in [1.807, 2.05) is 12.1 Å². The normalized spacial score (nSPS) is 16.3. The molecular formula is C24H30N2O2. The Morgan fingerprint density at radius 1 is 1.21 bits per heavy atom. The van der Waals surface area contributed by atoms with Crippen LogP contribution in [0.2, 0.25) is 0 Å². The molecule has 2 aromatic heterocycles. The molecule has 0 saturated heterocycles. The summed E-state index contributed by atoms with van der Waals surface area (Å²) in [6.07, 6.45) is 11.7. The first kappa shape index (κ1) is 18.9. The van der Waals surface area contributed by atoms with Crippen LogP contribution in [0.4, 0.5) is 0 Å². The van der Waals surface area contributed by atoms with Gasteiger partial charge in [0.05, 0.1) is 12.8 Å². The highest BCUT2D eigenvalue weighted by Crippen LogP contribution is 2.41. The van der Waals surface area contributed by atoms with Crippen LogP contribution in [0, 0.1) is 5.92 Å². The third kappa shape index (κ3) is 4.01. The minimum Gasteiger partial charge on any atom is -0.467 e. The lowest BCUT2D eigenvalue weighted by Crippen LogP contribution is -2.27. The van der Waals surface area contributed by atoms with Crippen LogP contribution in [0.1, 0.15) is 68.3 Å². The molecule has 0 bridgehead atoms. The SMILES string of the molecule is CCc1cccc2c([C@H](CC(=O)NCc3ccco3)C3CCCCC3)c[nH]c12. The summed E-state index contributed by atoms with van der Waals surface area (Å²) in [5, 5.41) is 4.33. The van der Waals surface area contributed by atoms with Crippen molar-refractivity contribution in [1.82, 2.24) is 10.3 Å². The van der Waals surface area contributed by atoms with Crippen molar-refractivity contribution in [3.63, 3.8) is 0 Å². The molecule has 0 spiro atoms. The topological polar surface area (TPSA) is 58.0 Å². The van der Waals surface area contributed by atoms with Crippen LogP contribution in [-0.2, 0) is 17.8 Å². The Morgan fingerprint density at radius 2 is 2.07 bits per heavy atom. The van der Waals surface area contributed by atoms with Crippen LogP contribution < -0.4 is 5.32 Å². The standard InChI is InChI=1S/C24H30N2O2/c1-2-17-10-6-12-20-22(16-26-24(17)20)21(18-8-4-3-5-9-18)14-23(27)25-15-19-11-7-13-28-19/h6-7,10-13,16,18,21,26H,2-5,8-9,14-15H2,1H3,(H,25,27)/t21-/m1/s1. The Morgan fingerprint density at radius 3 is 2.82 bits per heavy atom. The van der Waals surface area contributed by atoms with E-state index in [2.05, 4.69) is 41.6 Å². The molecule has 1 aromatic carbocycles. The molecule has 2 heterocycles. The van der Waals surface area contributed by atoms with Crippen molar-refractivity contribution >= 4 is 16.8 Å². The molecule has 4 nitrogen and oxygen atoms in total. The number of aryl methyl sites for hydroxylation is 1. The third-order valence-corrected chi connectivity index (χ3v) is 6.28.